The Labute approximate surface area is 190 Å². The van der Waals surface area contributed by atoms with Gasteiger partial charge in [0.2, 0.25) is 5.91 Å². The number of carbonyl (C=O) groups is 2. The molecular formula is C22H24ClN5O2S. The van der Waals surface area contributed by atoms with Crippen molar-refractivity contribution in [2.45, 2.75) is 32.0 Å². The highest BCUT2D eigenvalue weighted by Crippen LogP contribution is 2.22. The molecule has 0 spiro atoms. The Hall–Kier alpha value is -2.84. The predicted molar refractivity (Wildman–Crippen MR) is 124 cm³/mol. The third-order valence-electron chi connectivity index (χ3n) is 4.71. The lowest BCUT2D eigenvalue weighted by molar-refractivity contribution is -0.113. The van der Waals surface area contributed by atoms with Crippen molar-refractivity contribution in [3.8, 4) is 0 Å². The highest BCUT2D eigenvalue weighted by molar-refractivity contribution is 7.99. The number of amides is 2. The van der Waals surface area contributed by atoms with E-state index in [1.165, 1.54) is 11.8 Å². The van der Waals surface area contributed by atoms with Gasteiger partial charge in [-0.25, -0.2) is 0 Å². The van der Waals surface area contributed by atoms with Crippen molar-refractivity contribution in [3.05, 3.63) is 70.0 Å². The number of aryl methyl sites for hydroxylation is 2. The van der Waals surface area contributed by atoms with Crippen molar-refractivity contribution in [1.82, 2.24) is 20.1 Å². The van der Waals surface area contributed by atoms with E-state index in [2.05, 4.69) is 20.8 Å². The minimum absolute atomic E-state index is 0.124. The van der Waals surface area contributed by atoms with Crippen molar-refractivity contribution in [2.75, 3.05) is 11.1 Å². The number of anilines is 1. The summed E-state index contributed by atoms with van der Waals surface area (Å²) in [5, 5.41) is 15.1. The van der Waals surface area contributed by atoms with Crippen LogP contribution in [0.5, 0.6) is 0 Å². The molecule has 0 radical (unpaired) electrons. The molecule has 0 aliphatic carbocycles. The number of nitrogens with zero attached hydrogens (tertiary/aromatic N) is 3. The van der Waals surface area contributed by atoms with Gasteiger partial charge < -0.3 is 15.2 Å². The lowest BCUT2D eigenvalue weighted by Gasteiger charge is -2.14. The van der Waals surface area contributed by atoms with Crippen LogP contribution in [0.25, 0.3) is 0 Å². The first-order valence-corrected chi connectivity index (χ1v) is 11.1. The third-order valence-corrected chi connectivity index (χ3v) is 6.06. The molecule has 0 unspecified atom stereocenters. The number of aromatic nitrogens is 3. The fourth-order valence-electron chi connectivity index (χ4n) is 3.08. The van der Waals surface area contributed by atoms with Crippen LogP contribution in [0, 0.1) is 13.8 Å². The van der Waals surface area contributed by atoms with Crippen LogP contribution in [-0.2, 0) is 11.8 Å². The van der Waals surface area contributed by atoms with Crippen LogP contribution in [0.1, 0.15) is 40.3 Å². The van der Waals surface area contributed by atoms with Gasteiger partial charge >= 0.3 is 0 Å². The lowest BCUT2D eigenvalue weighted by Crippen LogP contribution is -2.28. The van der Waals surface area contributed by atoms with Crippen LogP contribution in [0.15, 0.2) is 47.6 Å². The van der Waals surface area contributed by atoms with Crippen molar-refractivity contribution in [1.29, 1.82) is 0 Å². The second kappa shape index (κ2) is 9.98. The second-order valence-corrected chi connectivity index (χ2v) is 8.58. The molecule has 3 aromatic rings. The van der Waals surface area contributed by atoms with E-state index < -0.39 is 0 Å². The zero-order chi connectivity index (χ0) is 22.5. The number of hydrogen-bond acceptors (Lipinski definition) is 5. The summed E-state index contributed by atoms with van der Waals surface area (Å²) in [6.45, 7) is 5.79. The first-order chi connectivity index (χ1) is 14.8. The predicted octanol–water partition coefficient (Wildman–Crippen LogP) is 4.31. The van der Waals surface area contributed by atoms with Crippen LogP contribution in [0.2, 0.25) is 5.02 Å². The second-order valence-electron chi connectivity index (χ2n) is 7.23. The SMILES string of the molecule is Cc1ccc(NC(=O)CSc2nnc([C@H](C)NC(=O)c3ccccc3Cl)n2C)c(C)c1. The quantitative estimate of drug-likeness (QED) is 0.516. The van der Waals surface area contributed by atoms with Gasteiger partial charge in [0.05, 0.1) is 22.4 Å². The highest BCUT2D eigenvalue weighted by Gasteiger charge is 2.20. The van der Waals surface area contributed by atoms with Gasteiger partial charge in [0.15, 0.2) is 11.0 Å². The van der Waals surface area contributed by atoms with Crippen LogP contribution in [0.3, 0.4) is 0 Å². The maximum absolute atomic E-state index is 12.5. The number of benzene rings is 2. The molecule has 1 aromatic heterocycles. The van der Waals surface area contributed by atoms with Gasteiger partial charge in [-0.2, -0.15) is 0 Å². The molecular weight excluding hydrogens is 434 g/mol. The zero-order valence-electron chi connectivity index (χ0n) is 17.8. The fourth-order valence-corrected chi connectivity index (χ4v) is 4.02. The Balaban J connectivity index is 1.59. The van der Waals surface area contributed by atoms with Crippen LogP contribution in [-0.4, -0.2) is 32.3 Å². The third kappa shape index (κ3) is 5.65. The summed E-state index contributed by atoms with van der Waals surface area (Å²) in [4.78, 5) is 24.8. The normalized spacial score (nSPS) is 11.8. The molecule has 162 valence electrons. The Morgan fingerprint density at radius 3 is 2.61 bits per heavy atom. The topological polar surface area (TPSA) is 88.9 Å². The van der Waals surface area contributed by atoms with E-state index in [9.17, 15) is 9.59 Å². The Kier molecular flexibility index (Phi) is 7.35. The molecule has 31 heavy (non-hydrogen) atoms. The zero-order valence-corrected chi connectivity index (χ0v) is 19.3. The van der Waals surface area contributed by atoms with Crippen molar-refractivity contribution >= 4 is 40.9 Å². The van der Waals surface area contributed by atoms with Gasteiger partial charge in [-0.05, 0) is 44.5 Å². The molecule has 0 aliphatic heterocycles. The maximum atomic E-state index is 12.5. The molecule has 2 N–H and O–H groups in total. The van der Waals surface area contributed by atoms with E-state index in [1.54, 1.807) is 35.9 Å². The van der Waals surface area contributed by atoms with Crippen LogP contribution < -0.4 is 10.6 Å². The van der Waals surface area contributed by atoms with Crippen LogP contribution in [0.4, 0.5) is 5.69 Å². The smallest absolute Gasteiger partial charge is 0.253 e. The summed E-state index contributed by atoms with van der Waals surface area (Å²) in [5.74, 6) is 0.363. The number of halogens is 1. The van der Waals surface area contributed by atoms with E-state index in [1.807, 2.05) is 39.0 Å². The molecule has 0 saturated heterocycles. The number of thioether (sulfide) groups is 1. The molecule has 2 amide bonds. The van der Waals surface area contributed by atoms with Crippen molar-refractivity contribution < 1.29 is 9.59 Å². The van der Waals surface area contributed by atoms with Gasteiger partial charge in [0.25, 0.3) is 5.91 Å². The fraction of sp³-hybridized carbons (Fsp3) is 0.273. The molecule has 0 saturated carbocycles. The first-order valence-electron chi connectivity index (χ1n) is 9.71. The summed E-state index contributed by atoms with van der Waals surface area (Å²) in [7, 11) is 1.80. The van der Waals surface area contributed by atoms with Gasteiger partial charge in [-0.15, -0.1) is 10.2 Å². The highest BCUT2D eigenvalue weighted by atomic mass is 35.5. The van der Waals surface area contributed by atoms with Gasteiger partial charge in [0.1, 0.15) is 0 Å². The molecule has 7 nitrogen and oxygen atoms in total. The first kappa shape index (κ1) is 22.8. The molecule has 2 aromatic carbocycles. The maximum Gasteiger partial charge on any atom is 0.253 e. The summed E-state index contributed by atoms with van der Waals surface area (Å²) >= 11 is 7.38. The summed E-state index contributed by atoms with van der Waals surface area (Å²) in [6, 6.07) is 12.4. The largest absolute Gasteiger partial charge is 0.342 e. The molecule has 1 heterocycles. The minimum atomic E-state index is -0.389. The number of hydrogen-bond donors (Lipinski definition) is 2. The molecule has 9 heteroatoms. The monoisotopic (exact) mass is 457 g/mol. The number of carbonyl (C=O) groups excluding carboxylic acids is 2. The summed E-state index contributed by atoms with van der Waals surface area (Å²) < 4.78 is 1.77. The standard InChI is InChI=1S/C22H24ClN5O2S/c1-13-9-10-18(14(2)11-13)25-19(29)12-31-22-27-26-20(28(22)4)15(3)24-21(30)16-7-5-6-8-17(16)23/h5-11,15H,12H2,1-4H3,(H,24,30)(H,25,29)/t15-/m0/s1. The van der Waals surface area contributed by atoms with Crippen molar-refractivity contribution in [3.63, 3.8) is 0 Å². The Bertz CT molecular complexity index is 1120. The molecule has 1 atom stereocenters. The average molecular weight is 458 g/mol. The number of rotatable bonds is 7. The van der Waals surface area contributed by atoms with E-state index in [0.29, 0.717) is 21.6 Å². The van der Waals surface area contributed by atoms with Crippen molar-refractivity contribution in [2.24, 2.45) is 7.05 Å². The lowest BCUT2D eigenvalue weighted by atomic mass is 10.1. The van der Waals surface area contributed by atoms with Gasteiger partial charge in [-0.1, -0.05) is 53.2 Å². The summed E-state index contributed by atoms with van der Waals surface area (Å²) in [6.07, 6.45) is 0. The Morgan fingerprint density at radius 1 is 1.16 bits per heavy atom. The van der Waals surface area contributed by atoms with Gasteiger partial charge in [0, 0.05) is 12.7 Å². The molecule has 0 bridgehead atoms. The molecule has 3 rings (SSSR count). The summed E-state index contributed by atoms with van der Waals surface area (Å²) in [5.41, 5.74) is 3.36. The van der Waals surface area contributed by atoms with E-state index >= 15 is 0 Å². The van der Waals surface area contributed by atoms with E-state index in [-0.39, 0.29) is 23.6 Å². The van der Waals surface area contributed by atoms with Gasteiger partial charge in [-0.3, -0.25) is 9.59 Å². The van der Waals surface area contributed by atoms with E-state index in [4.69, 9.17) is 11.6 Å². The molecule has 0 fully saturated rings. The van der Waals surface area contributed by atoms with Crippen LogP contribution >= 0.6 is 23.4 Å². The minimum Gasteiger partial charge on any atom is -0.342 e. The molecule has 0 aliphatic rings. The average Bonchev–Trinajstić information content (AvgIpc) is 3.09. The Morgan fingerprint density at radius 2 is 1.90 bits per heavy atom. The van der Waals surface area contributed by atoms with E-state index in [0.717, 1.165) is 16.8 Å². The number of nitrogens with one attached hydrogen (secondary N) is 2.